The van der Waals surface area contributed by atoms with Crippen molar-refractivity contribution in [3.05, 3.63) is 42.0 Å². The maximum Gasteiger partial charge on any atom is 0.619 e. The van der Waals surface area contributed by atoms with Crippen LogP contribution in [0.25, 0.3) is 0 Å². The van der Waals surface area contributed by atoms with Gasteiger partial charge >= 0.3 is 18.2 Å². The number of carbonyl (C=O) groups excluding carboxylic acids is 2. The Labute approximate surface area is 123 Å². The number of benzene rings is 1. The Morgan fingerprint density at radius 2 is 2.10 bits per heavy atom. The van der Waals surface area contributed by atoms with Gasteiger partial charge in [0.15, 0.2) is 0 Å². The molecule has 0 saturated heterocycles. The smallest absolute Gasteiger partial charge is 0.462 e. The summed E-state index contributed by atoms with van der Waals surface area (Å²) in [5.41, 5.74) is 4.22. The van der Waals surface area contributed by atoms with E-state index in [1.807, 2.05) is 6.92 Å². The highest BCUT2D eigenvalue weighted by atomic mass is 16.5. The SMILES string of the molecule is C=C(C)CCOC(=O)c1ccccc1NN=[C+]C(=O)OC. The Kier molecular flexibility index (Phi) is 6.57. The fraction of sp³-hybridized carbons (Fsp3) is 0.267. The van der Waals surface area contributed by atoms with E-state index in [0.717, 1.165) is 5.57 Å². The van der Waals surface area contributed by atoms with E-state index in [1.165, 1.54) is 7.11 Å². The van der Waals surface area contributed by atoms with Gasteiger partial charge in [0.25, 0.3) is 0 Å². The van der Waals surface area contributed by atoms with E-state index in [-0.39, 0.29) is 6.61 Å². The maximum absolute atomic E-state index is 12.0. The van der Waals surface area contributed by atoms with Crippen LogP contribution in [0.1, 0.15) is 23.7 Å². The lowest BCUT2D eigenvalue weighted by Gasteiger charge is -2.07. The maximum atomic E-state index is 12.0. The molecule has 0 bridgehead atoms. The third-order valence-electron chi connectivity index (χ3n) is 2.42. The van der Waals surface area contributed by atoms with Crippen LogP contribution >= 0.6 is 0 Å². The zero-order valence-corrected chi connectivity index (χ0v) is 12.0. The van der Waals surface area contributed by atoms with Crippen molar-refractivity contribution in [1.29, 1.82) is 0 Å². The zero-order chi connectivity index (χ0) is 15.7. The van der Waals surface area contributed by atoms with E-state index in [9.17, 15) is 9.59 Å². The first-order valence-electron chi connectivity index (χ1n) is 6.25. The van der Waals surface area contributed by atoms with Crippen LogP contribution in [-0.4, -0.2) is 31.9 Å². The second kappa shape index (κ2) is 8.45. The van der Waals surface area contributed by atoms with E-state index in [0.29, 0.717) is 17.7 Å². The van der Waals surface area contributed by atoms with Crippen LogP contribution in [0.2, 0.25) is 0 Å². The molecule has 0 spiro atoms. The van der Waals surface area contributed by atoms with Crippen LogP contribution in [0.5, 0.6) is 0 Å². The summed E-state index contributed by atoms with van der Waals surface area (Å²) >= 11 is 0. The summed E-state index contributed by atoms with van der Waals surface area (Å²) in [5.74, 6) is -1.20. The van der Waals surface area contributed by atoms with Crippen LogP contribution in [0.3, 0.4) is 0 Å². The van der Waals surface area contributed by atoms with Gasteiger partial charge in [0.1, 0.15) is 0 Å². The molecule has 21 heavy (non-hydrogen) atoms. The molecular weight excluding hydrogens is 272 g/mol. The Bertz CT molecular complexity index is 552. The molecule has 0 aromatic heterocycles. The Morgan fingerprint density at radius 1 is 1.38 bits per heavy atom. The number of hydrazone groups is 1. The molecule has 1 rings (SSSR count). The summed E-state index contributed by atoms with van der Waals surface area (Å²) in [4.78, 5) is 22.8. The topological polar surface area (TPSA) is 77.0 Å². The van der Waals surface area contributed by atoms with Gasteiger partial charge in [-0.3, -0.25) is 0 Å². The molecule has 0 amide bonds. The van der Waals surface area contributed by atoms with Crippen molar-refractivity contribution in [3.63, 3.8) is 0 Å². The Morgan fingerprint density at radius 3 is 2.76 bits per heavy atom. The van der Waals surface area contributed by atoms with Gasteiger partial charge in [0.05, 0.1) is 30.1 Å². The molecule has 1 N–H and O–H groups in total. The summed E-state index contributed by atoms with van der Waals surface area (Å²) in [7, 11) is 1.22. The fourth-order valence-corrected chi connectivity index (χ4v) is 1.33. The molecule has 1 aromatic rings. The molecule has 0 saturated carbocycles. The minimum absolute atomic E-state index is 0.264. The van der Waals surface area contributed by atoms with E-state index >= 15 is 0 Å². The first-order valence-corrected chi connectivity index (χ1v) is 6.25. The van der Waals surface area contributed by atoms with Crippen molar-refractivity contribution in [3.8, 4) is 0 Å². The molecule has 6 heteroatoms. The number of hydrogen-bond donors (Lipinski definition) is 1. The van der Waals surface area contributed by atoms with Crippen molar-refractivity contribution in [2.24, 2.45) is 5.10 Å². The lowest BCUT2D eigenvalue weighted by molar-refractivity contribution is -0.132. The quantitative estimate of drug-likeness (QED) is 0.274. The molecule has 6 nitrogen and oxygen atoms in total. The number of para-hydroxylation sites is 1. The standard InChI is InChI=1S/C15H16N2O4/c1-11(2)8-9-21-15(19)12-6-4-5-7-13(12)17-16-10-14(18)20-3/h4-7H,1,8-9H2,2-3H3/p+1. The lowest BCUT2D eigenvalue weighted by Crippen LogP contribution is -2.10. The highest BCUT2D eigenvalue weighted by molar-refractivity contribution is 6.23. The lowest BCUT2D eigenvalue weighted by atomic mass is 10.2. The average molecular weight is 289 g/mol. The van der Waals surface area contributed by atoms with Crippen LogP contribution in [0.4, 0.5) is 5.69 Å². The Balaban J connectivity index is 2.69. The van der Waals surface area contributed by atoms with Crippen LogP contribution < -0.4 is 5.43 Å². The van der Waals surface area contributed by atoms with Gasteiger partial charge in [-0.15, -0.1) is 6.58 Å². The number of carbonyl (C=O) groups is 2. The molecule has 0 atom stereocenters. The molecule has 110 valence electrons. The van der Waals surface area contributed by atoms with E-state index < -0.39 is 11.9 Å². The largest absolute Gasteiger partial charge is 0.619 e. The third-order valence-corrected chi connectivity index (χ3v) is 2.42. The van der Waals surface area contributed by atoms with E-state index in [4.69, 9.17) is 4.74 Å². The molecule has 0 heterocycles. The molecule has 0 radical (unpaired) electrons. The van der Waals surface area contributed by atoms with Gasteiger partial charge in [-0.25, -0.2) is 10.2 Å². The minimum atomic E-state index is -0.719. The molecule has 1 aromatic carbocycles. The highest BCUT2D eigenvalue weighted by Gasteiger charge is 2.16. The van der Waals surface area contributed by atoms with E-state index in [2.05, 4.69) is 28.1 Å². The summed E-state index contributed by atoms with van der Waals surface area (Å²) in [6.45, 7) is 5.86. The number of esters is 2. The molecule has 0 aliphatic rings. The van der Waals surface area contributed by atoms with Gasteiger partial charge in [-0.1, -0.05) is 17.7 Å². The summed E-state index contributed by atoms with van der Waals surface area (Å²) in [5, 5.41) is 3.57. The third kappa shape index (κ3) is 5.84. The summed E-state index contributed by atoms with van der Waals surface area (Å²) in [6.07, 6.45) is 2.70. The number of hydrogen-bond acceptors (Lipinski definition) is 6. The van der Waals surface area contributed by atoms with Gasteiger partial charge < -0.3 is 9.47 Å². The number of anilines is 1. The van der Waals surface area contributed by atoms with Crippen molar-refractivity contribution < 1.29 is 19.1 Å². The van der Waals surface area contributed by atoms with Gasteiger partial charge in [0, 0.05) is 6.42 Å². The van der Waals surface area contributed by atoms with Crippen molar-refractivity contribution in [2.45, 2.75) is 13.3 Å². The normalized spacial score (nSPS) is 9.81. The molecular formula is C15H17N2O4+. The summed E-state index contributed by atoms with van der Waals surface area (Å²) < 4.78 is 9.49. The predicted molar refractivity (Wildman–Crippen MR) is 79.2 cm³/mol. The fourth-order valence-electron chi connectivity index (χ4n) is 1.33. The molecule has 0 aliphatic carbocycles. The molecule has 0 aliphatic heterocycles. The number of nitrogens with zero attached hydrogens (tertiary/aromatic N) is 1. The summed E-state index contributed by atoms with van der Waals surface area (Å²) in [6, 6.07) is 6.66. The van der Waals surface area contributed by atoms with Gasteiger partial charge in [-0.05, 0) is 19.1 Å². The number of methoxy groups -OCH3 is 1. The number of ether oxygens (including phenoxy) is 2. The average Bonchev–Trinajstić information content (AvgIpc) is 2.47. The van der Waals surface area contributed by atoms with Crippen LogP contribution in [-0.2, 0) is 14.3 Å². The van der Waals surface area contributed by atoms with Crippen molar-refractivity contribution in [2.75, 3.05) is 19.1 Å². The van der Waals surface area contributed by atoms with Crippen LogP contribution in [0, 0.1) is 0 Å². The first kappa shape index (κ1) is 16.3. The number of rotatable bonds is 7. The second-order valence-corrected chi connectivity index (χ2v) is 4.22. The number of nitrogens with one attached hydrogen (secondary N) is 1. The van der Waals surface area contributed by atoms with Crippen molar-refractivity contribution in [1.82, 2.24) is 0 Å². The Hall–Kier alpha value is -2.72. The van der Waals surface area contributed by atoms with Crippen molar-refractivity contribution >= 4 is 23.8 Å². The predicted octanol–water partition coefficient (Wildman–Crippen LogP) is 2.26. The minimum Gasteiger partial charge on any atom is -0.462 e. The van der Waals surface area contributed by atoms with Gasteiger partial charge in [0.2, 0.25) is 0 Å². The van der Waals surface area contributed by atoms with Crippen LogP contribution in [0.15, 0.2) is 41.5 Å². The van der Waals surface area contributed by atoms with Gasteiger partial charge in [-0.2, -0.15) is 4.79 Å². The highest BCUT2D eigenvalue weighted by Crippen LogP contribution is 2.16. The monoisotopic (exact) mass is 289 g/mol. The second-order valence-electron chi connectivity index (χ2n) is 4.22. The zero-order valence-electron chi connectivity index (χ0n) is 12.0. The first-order chi connectivity index (χ1) is 10.0. The molecule has 0 unspecified atom stereocenters. The molecule has 0 fully saturated rings. The van der Waals surface area contributed by atoms with E-state index in [1.54, 1.807) is 24.3 Å².